The molecule has 180 valence electrons. The maximum atomic E-state index is 5.95. The fraction of sp³-hybridized carbons (Fsp3) is 0.963. The smallest absolute Gasteiger partial charge is 0.259 e. The average molecular weight is 442 g/mol. The SMILES string of the molecule is CCCCCCCCCCN(CCCCCCCCCC)C(=S)OCCCCCC. The van der Waals surface area contributed by atoms with Gasteiger partial charge in [0.25, 0.3) is 5.17 Å². The van der Waals surface area contributed by atoms with Crippen molar-refractivity contribution in [3.8, 4) is 0 Å². The molecule has 0 N–H and O–H groups in total. The first kappa shape index (κ1) is 29.7. The highest BCUT2D eigenvalue weighted by Gasteiger charge is 2.10. The van der Waals surface area contributed by atoms with Crippen molar-refractivity contribution in [3.63, 3.8) is 0 Å². The van der Waals surface area contributed by atoms with Crippen molar-refractivity contribution in [2.75, 3.05) is 19.7 Å². The molecule has 0 aromatic heterocycles. The Morgan fingerprint density at radius 1 is 0.500 bits per heavy atom. The zero-order valence-electron chi connectivity index (χ0n) is 21.0. The monoisotopic (exact) mass is 441 g/mol. The molecule has 0 aromatic carbocycles. The fourth-order valence-corrected chi connectivity index (χ4v) is 4.21. The normalized spacial score (nSPS) is 11.0. The van der Waals surface area contributed by atoms with Crippen LogP contribution in [0.15, 0.2) is 0 Å². The molecule has 2 nitrogen and oxygen atoms in total. The lowest BCUT2D eigenvalue weighted by atomic mass is 10.1. The molecule has 0 aliphatic carbocycles. The molecule has 0 saturated carbocycles. The fourth-order valence-electron chi connectivity index (χ4n) is 3.95. The lowest BCUT2D eigenvalue weighted by Crippen LogP contribution is -2.33. The molecule has 0 radical (unpaired) electrons. The van der Waals surface area contributed by atoms with Crippen molar-refractivity contribution < 1.29 is 4.74 Å². The van der Waals surface area contributed by atoms with Gasteiger partial charge >= 0.3 is 0 Å². The van der Waals surface area contributed by atoms with Crippen LogP contribution >= 0.6 is 12.2 Å². The van der Waals surface area contributed by atoms with Crippen molar-refractivity contribution in [1.82, 2.24) is 4.90 Å². The minimum absolute atomic E-state index is 0.761. The van der Waals surface area contributed by atoms with Crippen molar-refractivity contribution in [2.24, 2.45) is 0 Å². The third-order valence-electron chi connectivity index (χ3n) is 6.04. The van der Waals surface area contributed by atoms with Gasteiger partial charge in [-0.2, -0.15) is 0 Å². The van der Waals surface area contributed by atoms with Gasteiger partial charge in [0.1, 0.15) is 0 Å². The van der Waals surface area contributed by atoms with E-state index in [1.807, 2.05) is 0 Å². The number of unbranched alkanes of at least 4 members (excludes halogenated alkanes) is 17. The van der Waals surface area contributed by atoms with Gasteiger partial charge in [-0.3, -0.25) is 0 Å². The second kappa shape index (κ2) is 25.0. The van der Waals surface area contributed by atoms with Gasteiger partial charge in [0.15, 0.2) is 0 Å². The summed E-state index contributed by atoms with van der Waals surface area (Å²) in [5.41, 5.74) is 0. The molecule has 0 aliphatic heterocycles. The third-order valence-corrected chi connectivity index (χ3v) is 6.42. The Bertz CT molecular complexity index is 328. The first-order chi connectivity index (χ1) is 14.8. The number of nitrogens with zero attached hydrogens (tertiary/aromatic N) is 1. The Morgan fingerprint density at radius 3 is 1.23 bits per heavy atom. The van der Waals surface area contributed by atoms with Gasteiger partial charge in [-0.15, -0.1) is 0 Å². The van der Waals surface area contributed by atoms with E-state index in [1.54, 1.807) is 0 Å². The van der Waals surface area contributed by atoms with Crippen molar-refractivity contribution in [3.05, 3.63) is 0 Å². The highest BCUT2D eigenvalue weighted by molar-refractivity contribution is 7.80. The quantitative estimate of drug-likeness (QED) is 0.116. The van der Waals surface area contributed by atoms with E-state index in [9.17, 15) is 0 Å². The summed E-state index contributed by atoms with van der Waals surface area (Å²) < 4.78 is 5.95. The maximum absolute atomic E-state index is 5.95. The lowest BCUT2D eigenvalue weighted by Gasteiger charge is -2.25. The number of thiocarbonyl (C=S) groups is 1. The van der Waals surface area contributed by atoms with Crippen LogP contribution in [0, 0.1) is 0 Å². The molecule has 0 atom stereocenters. The predicted octanol–water partition coefficient (Wildman–Crippen LogP) is 9.45. The molecule has 0 spiro atoms. The first-order valence-electron chi connectivity index (χ1n) is 13.7. The van der Waals surface area contributed by atoms with E-state index >= 15 is 0 Å². The van der Waals surface area contributed by atoms with Gasteiger partial charge in [-0.25, -0.2) is 0 Å². The molecule has 0 saturated heterocycles. The molecule has 3 heteroatoms. The second-order valence-corrected chi connectivity index (χ2v) is 9.46. The summed E-state index contributed by atoms with van der Waals surface area (Å²) in [6.45, 7) is 9.79. The number of hydrogen-bond donors (Lipinski definition) is 0. The standard InChI is InChI=1S/C27H55NOS/c1-4-7-10-13-15-17-19-21-24-28(27(30)29-26-23-12-9-6-3)25-22-20-18-16-14-11-8-5-2/h4-26H2,1-3H3. The first-order valence-corrected chi connectivity index (χ1v) is 14.1. The van der Waals surface area contributed by atoms with Gasteiger partial charge in [-0.1, -0.05) is 130 Å². The highest BCUT2D eigenvalue weighted by atomic mass is 32.1. The minimum atomic E-state index is 0.761. The van der Waals surface area contributed by atoms with E-state index in [1.165, 1.54) is 122 Å². The summed E-state index contributed by atoms with van der Waals surface area (Å²) in [5, 5.41) is 0.761. The molecule has 0 fully saturated rings. The van der Waals surface area contributed by atoms with Crippen molar-refractivity contribution in [1.29, 1.82) is 0 Å². The highest BCUT2D eigenvalue weighted by Crippen LogP contribution is 2.12. The van der Waals surface area contributed by atoms with Crippen LogP contribution in [0.1, 0.15) is 149 Å². The molecule has 0 heterocycles. The van der Waals surface area contributed by atoms with Crippen LogP contribution in [0.5, 0.6) is 0 Å². The van der Waals surface area contributed by atoms with Crippen molar-refractivity contribution in [2.45, 2.75) is 149 Å². The van der Waals surface area contributed by atoms with Crippen LogP contribution in [0.25, 0.3) is 0 Å². The Morgan fingerprint density at radius 2 is 0.833 bits per heavy atom. The number of ether oxygens (including phenoxy) is 1. The molecular formula is C27H55NOS. The van der Waals surface area contributed by atoms with Gasteiger partial charge in [-0.05, 0) is 31.5 Å². The van der Waals surface area contributed by atoms with Crippen LogP contribution in [-0.4, -0.2) is 29.8 Å². The molecule has 0 unspecified atom stereocenters. The molecular weight excluding hydrogens is 386 g/mol. The third kappa shape index (κ3) is 20.9. The molecule has 30 heavy (non-hydrogen) atoms. The Labute approximate surface area is 195 Å². The van der Waals surface area contributed by atoms with E-state index in [2.05, 4.69) is 25.7 Å². The number of hydrogen-bond acceptors (Lipinski definition) is 2. The van der Waals surface area contributed by atoms with Crippen LogP contribution in [-0.2, 0) is 4.74 Å². The molecule has 0 rings (SSSR count). The van der Waals surface area contributed by atoms with E-state index in [-0.39, 0.29) is 0 Å². The van der Waals surface area contributed by atoms with E-state index < -0.39 is 0 Å². The lowest BCUT2D eigenvalue weighted by molar-refractivity contribution is 0.230. The largest absolute Gasteiger partial charge is 0.471 e. The molecule has 0 amide bonds. The minimum Gasteiger partial charge on any atom is -0.471 e. The van der Waals surface area contributed by atoms with Gasteiger partial charge in [0.2, 0.25) is 0 Å². The maximum Gasteiger partial charge on any atom is 0.259 e. The summed E-state index contributed by atoms with van der Waals surface area (Å²) in [7, 11) is 0. The second-order valence-electron chi connectivity index (χ2n) is 9.11. The summed E-state index contributed by atoms with van der Waals surface area (Å²) in [5.74, 6) is 0. The van der Waals surface area contributed by atoms with Crippen LogP contribution < -0.4 is 0 Å². The summed E-state index contributed by atoms with van der Waals surface area (Å²) in [6.07, 6.45) is 26.8. The van der Waals surface area contributed by atoms with Gasteiger partial charge in [0, 0.05) is 13.1 Å². The zero-order chi connectivity index (χ0) is 22.1. The van der Waals surface area contributed by atoms with Crippen LogP contribution in [0.3, 0.4) is 0 Å². The van der Waals surface area contributed by atoms with Crippen molar-refractivity contribution >= 4 is 17.4 Å². The van der Waals surface area contributed by atoms with E-state index in [0.717, 1.165) is 31.3 Å². The summed E-state index contributed by atoms with van der Waals surface area (Å²) >= 11 is 5.65. The van der Waals surface area contributed by atoms with E-state index in [0.29, 0.717) is 0 Å². The van der Waals surface area contributed by atoms with Crippen LogP contribution in [0.4, 0.5) is 0 Å². The van der Waals surface area contributed by atoms with Crippen LogP contribution in [0.2, 0.25) is 0 Å². The predicted molar refractivity (Wildman–Crippen MR) is 139 cm³/mol. The Kier molecular flexibility index (Phi) is 24.7. The molecule has 0 aliphatic rings. The zero-order valence-corrected chi connectivity index (χ0v) is 21.8. The average Bonchev–Trinajstić information content (AvgIpc) is 2.75. The van der Waals surface area contributed by atoms with Gasteiger partial charge < -0.3 is 9.64 Å². The number of rotatable bonds is 23. The molecule has 0 bridgehead atoms. The topological polar surface area (TPSA) is 12.5 Å². The Balaban J connectivity index is 4.01. The Hall–Kier alpha value is -0.310. The summed E-state index contributed by atoms with van der Waals surface area (Å²) in [6, 6.07) is 0. The van der Waals surface area contributed by atoms with E-state index in [4.69, 9.17) is 17.0 Å². The molecule has 0 aromatic rings. The summed E-state index contributed by atoms with van der Waals surface area (Å²) in [4.78, 5) is 2.36. The van der Waals surface area contributed by atoms with Gasteiger partial charge in [0.05, 0.1) is 6.61 Å².